The minimum atomic E-state index is -2.08. The molecular formula is C4H4MnNiO12. The molecule has 0 aromatic carbocycles. The van der Waals surface area contributed by atoms with E-state index >= 15 is 0 Å². The Hall–Kier alpha value is -1.91. The number of carboxylic acid groups (broad SMARTS) is 8. The van der Waals surface area contributed by atoms with E-state index in [9.17, 15) is 0 Å². The normalized spacial score (nSPS) is 5.33. The third-order valence-corrected chi connectivity index (χ3v) is 0. The second kappa shape index (κ2) is 29.4. The number of rotatable bonds is 0. The van der Waals surface area contributed by atoms with Crippen molar-refractivity contribution < 1.29 is 93.6 Å². The van der Waals surface area contributed by atoms with Crippen molar-refractivity contribution in [1.82, 2.24) is 0 Å². The Morgan fingerprint density at radius 3 is 0.556 bits per heavy atom. The van der Waals surface area contributed by atoms with Crippen LogP contribution in [-0.4, -0.2) is 45.0 Å². The monoisotopic (exact) mass is 357 g/mol. The summed E-state index contributed by atoms with van der Waals surface area (Å²) >= 11 is 0. The fourth-order valence-electron chi connectivity index (χ4n) is 0. The van der Waals surface area contributed by atoms with Crippen LogP contribution in [0.4, 0.5) is 19.2 Å². The van der Waals surface area contributed by atoms with E-state index in [0.717, 1.165) is 0 Å². The van der Waals surface area contributed by atoms with Crippen LogP contribution in [0.5, 0.6) is 0 Å². The van der Waals surface area contributed by atoms with Crippen LogP contribution in [0.3, 0.4) is 0 Å². The van der Waals surface area contributed by atoms with Gasteiger partial charge in [0.05, 0.1) is 0 Å². The summed E-state index contributed by atoms with van der Waals surface area (Å²) in [6.45, 7) is 0. The van der Waals surface area contributed by atoms with Gasteiger partial charge in [-0.15, -0.1) is 0 Å². The van der Waals surface area contributed by atoms with Gasteiger partial charge in [-0.05, 0) is 0 Å². The summed E-state index contributed by atoms with van der Waals surface area (Å²) in [5.74, 6) is 0. The fraction of sp³-hybridized carbons (Fsp3) is 0. The first-order valence-corrected chi connectivity index (χ1v) is 2.53. The van der Waals surface area contributed by atoms with Crippen LogP contribution in [0.1, 0.15) is 0 Å². The van der Waals surface area contributed by atoms with Crippen LogP contribution in [0.25, 0.3) is 0 Å². The quantitative estimate of drug-likeness (QED) is 0.300. The van der Waals surface area contributed by atoms with Crippen molar-refractivity contribution in [2.24, 2.45) is 0 Å². The van der Waals surface area contributed by atoms with E-state index in [4.69, 9.17) is 60.0 Å². The summed E-state index contributed by atoms with van der Waals surface area (Å²) in [5, 5.41) is 61.2. The van der Waals surface area contributed by atoms with E-state index in [0.29, 0.717) is 0 Å². The molecule has 0 saturated heterocycles. The Morgan fingerprint density at radius 2 is 0.556 bits per heavy atom. The predicted octanol–water partition coefficient (Wildman–Crippen LogP) is -4.45. The Kier molecular flexibility index (Phi) is 58.8. The molecule has 12 nitrogen and oxygen atoms in total. The Morgan fingerprint density at radius 1 is 0.556 bits per heavy atom. The third-order valence-electron chi connectivity index (χ3n) is 0. The average Bonchev–Trinajstić information content (AvgIpc) is 1.76. The maximum Gasteiger partial charge on any atom is 2.00 e. The first-order chi connectivity index (χ1) is 6.93. The molecule has 0 aromatic rings. The molecule has 0 amide bonds. The molecule has 0 atom stereocenters. The van der Waals surface area contributed by atoms with Gasteiger partial charge in [-0.25, -0.2) is 0 Å². The van der Waals surface area contributed by atoms with Gasteiger partial charge >= 0.3 is 33.6 Å². The predicted molar refractivity (Wildman–Crippen MR) is 32.1 cm³/mol. The minimum absolute atomic E-state index is 0. The van der Waals surface area contributed by atoms with Crippen LogP contribution < -0.4 is 20.4 Å². The van der Waals surface area contributed by atoms with Gasteiger partial charge in [0.2, 0.25) is 24.6 Å². The van der Waals surface area contributed by atoms with Crippen LogP contribution in [0, 0.1) is 0 Å². The summed E-state index contributed by atoms with van der Waals surface area (Å²) in [7, 11) is 0. The number of carbonyl (C=O) groups is 4. The molecule has 0 rings (SSSR count). The van der Waals surface area contributed by atoms with Crippen molar-refractivity contribution in [3.8, 4) is 0 Å². The molecule has 0 aliphatic rings. The smallest absolute Gasteiger partial charge is 0.565 e. The second-order valence-corrected chi connectivity index (χ2v) is 1.06. The Balaban J connectivity index is -0.0000000257. The van der Waals surface area contributed by atoms with E-state index in [1.54, 1.807) is 0 Å². The van der Waals surface area contributed by atoms with Crippen molar-refractivity contribution >= 4 is 24.6 Å². The molecule has 0 bridgehead atoms. The molecule has 1 radical (unpaired) electrons. The topological polar surface area (TPSA) is 241 Å². The molecule has 0 heterocycles. The largest absolute Gasteiger partial charge is 2.00 e. The SMILES string of the molecule is O=C([O-])O.O=C([O-])O.O=C([O-])O.O=C([O-])O.[Mn+2].[Ni+2]. The molecule has 18 heavy (non-hydrogen) atoms. The van der Waals surface area contributed by atoms with Crippen molar-refractivity contribution in [2.45, 2.75) is 0 Å². The van der Waals surface area contributed by atoms with Gasteiger partial charge in [0.1, 0.15) is 0 Å². The van der Waals surface area contributed by atoms with Gasteiger partial charge in [0, 0.05) is 0 Å². The van der Waals surface area contributed by atoms with Crippen LogP contribution >= 0.6 is 0 Å². The standard InChI is InChI=1S/4CH2O3.Mn.Ni/c4*2-1(3)4;;/h4*(H2,2,3,4);;/q;;;;2*+2/p-4. The Labute approximate surface area is 118 Å². The van der Waals surface area contributed by atoms with E-state index in [1.807, 2.05) is 0 Å². The molecule has 0 aliphatic carbocycles. The third kappa shape index (κ3) is 664. The maximum absolute atomic E-state index is 8.44. The molecule has 0 saturated carbocycles. The Bertz CT molecular complexity index is 164. The van der Waals surface area contributed by atoms with Crippen LogP contribution in [-0.2, 0) is 33.6 Å². The first-order valence-electron chi connectivity index (χ1n) is 2.53. The van der Waals surface area contributed by atoms with Gasteiger partial charge in [0.25, 0.3) is 0 Å². The van der Waals surface area contributed by atoms with Gasteiger partial charge in [-0.3, -0.25) is 0 Å². The van der Waals surface area contributed by atoms with Crippen LogP contribution in [0.2, 0.25) is 0 Å². The van der Waals surface area contributed by atoms with E-state index in [2.05, 4.69) is 0 Å². The number of hydrogen-bond donors (Lipinski definition) is 4. The summed E-state index contributed by atoms with van der Waals surface area (Å²) < 4.78 is 0. The first kappa shape index (κ1) is 36.0. The zero-order chi connectivity index (χ0) is 14.3. The van der Waals surface area contributed by atoms with E-state index in [1.165, 1.54) is 0 Å². The van der Waals surface area contributed by atoms with Crippen LogP contribution in [0.15, 0.2) is 0 Å². The summed E-state index contributed by atoms with van der Waals surface area (Å²) in [6, 6.07) is 0. The molecule has 0 fully saturated rings. The average molecular weight is 358 g/mol. The van der Waals surface area contributed by atoms with Crippen molar-refractivity contribution in [3.63, 3.8) is 0 Å². The second-order valence-electron chi connectivity index (χ2n) is 1.06. The molecule has 109 valence electrons. The molecule has 4 N–H and O–H groups in total. The number of hydrogen-bond acceptors (Lipinski definition) is 8. The molecule has 0 unspecified atom stereocenters. The zero-order valence-electron chi connectivity index (χ0n) is 7.75. The molecule has 14 heteroatoms. The molecular weight excluding hydrogens is 354 g/mol. The summed E-state index contributed by atoms with van der Waals surface area (Å²) in [5.41, 5.74) is 0. The van der Waals surface area contributed by atoms with Gasteiger partial charge in [-0.2, -0.15) is 0 Å². The minimum Gasteiger partial charge on any atom is -0.565 e. The fourth-order valence-corrected chi connectivity index (χ4v) is 0. The van der Waals surface area contributed by atoms with Gasteiger partial charge in [0.15, 0.2) is 0 Å². The summed E-state index contributed by atoms with van der Waals surface area (Å²) in [6.07, 6.45) is -8.33. The maximum atomic E-state index is 8.44. The van der Waals surface area contributed by atoms with Crippen molar-refractivity contribution in [1.29, 1.82) is 0 Å². The summed E-state index contributed by atoms with van der Waals surface area (Å²) in [4.78, 5) is 33.8. The van der Waals surface area contributed by atoms with Crippen molar-refractivity contribution in [2.75, 3.05) is 0 Å². The zero-order valence-corrected chi connectivity index (χ0v) is 9.92. The molecule has 0 aliphatic heterocycles. The van der Waals surface area contributed by atoms with Gasteiger partial charge < -0.3 is 60.0 Å². The van der Waals surface area contributed by atoms with Gasteiger partial charge in [-0.1, -0.05) is 0 Å². The van der Waals surface area contributed by atoms with E-state index < -0.39 is 24.6 Å². The molecule has 0 aromatic heterocycles. The molecule has 0 spiro atoms. The van der Waals surface area contributed by atoms with E-state index in [-0.39, 0.29) is 33.6 Å². The van der Waals surface area contributed by atoms with Crippen molar-refractivity contribution in [3.05, 3.63) is 0 Å².